The van der Waals surface area contributed by atoms with E-state index in [4.69, 9.17) is 0 Å². The Morgan fingerprint density at radius 1 is 0.812 bits per heavy atom. The van der Waals surface area contributed by atoms with Crippen LogP contribution in [0.15, 0.2) is 36.7 Å². The molecule has 0 aromatic carbocycles. The Morgan fingerprint density at radius 3 is 1.31 bits per heavy atom. The van der Waals surface area contributed by atoms with Gasteiger partial charge < -0.3 is 34.6 Å². The predicted molar refractivity (Wildman–Crippen MR) is 59.2 cm³/mol. The van der Waals surface area contributed by atoms with Crippen molar-refractivity contribution in [3.63, 3.8) is 0 Å². The molecule has 2 aliphatic rings. The summed E-state index contributed by atoms with van der Waals surface area (Å²) >= 11 is 0. The summed E-state index contributed by atoms with van der Waals surface area (Å²) in [6.07, 6.45) is 17.7. The van der Waals surface area contributed by atoms with Crippen LogP contribution in [0.1, 0.15) is 0 Å². The molecule has 0 aromatic heterocycles. The lowest BCUT2D eigenvalue weighted by Crippen LogP contribution is -3.00. The lowest BCUT2D eigenvalue weighted by Gasteiger charge is -2.02. The van der Waals surface area contributed by atoms with Gasteiger partial charge in [-0.25, -0.2) is 0 Å². The lowest BCUT2D eigenvalue weighted by atomic mass is 10.4. The van der Waals surface area contributed by atoms with Crippen LogP contribution in [0.4, 0.5) is 0 Å². The third kappa shape index (κ3) is 8.28. The van der Waals surface area contributed by atoms with Gasteiger partial charge in [0.05, 0.1) is 37.4 Å². The molecule has 0 fully saturated rings. The van der Waals surface area contributed by atoms with Crippen LogP contribution < -0.4 is 24.8 Å². The summed E-state index contributed by atoms with van der Waals surface area (Å²) in [6, 6.07) is 0. The van der Waals surface area contributed by atoms with E-state index in [1.54, 1.807) is 0 Å². The molecule has 0 unspecified atom stereocenters. The molecule has 2 aliphatic heterocycles. The second-order valence-corrected chi connectivity index (χ2v) is 3.25. The van der Waals surface area contributed by atoms with Gasteiger partial charge in [-0.05, 0) is 0 Å². The van der Waals surface area contributed by atoms with Crippen molar-refractivity contribution in [1.82, 2.24) is 9.80 Å². The molecule has 0 saturated heterocycles. The van der Waals surface area contributed by atoms with Crippen molar-refractivity contribution in [2.45, 2.75) is 0 Å². The summed E-state index contributed by atoms with van der Waals surface area (Å²) in [6.45, 7) is 1.99. The molecule has 0 N–H and O–H groups in total. The van der Waals surface area contributed by atoms with Crippen LogP contribution in [0.25, 0.3) is 0 Å². The molecule has 4 heteroatoms. The topological polar surface area (TPSA) is 6.48 Å². The number of hydrogen-bond donors (Lipinski definition) is 0. The zero-order chi connectivity index (χ0) is 10.2. The van der Waals surface area contributed by atoms with Gasteiger partial charge in [-0.15, -0.1) is 0 Å². The Balaban J connectivity index is 0. The molecule has 0 aromatic rings. The Morgan fingerprint density at radius 2 is 1.19 bits per heavy atom. The average molecular weight is 259 g/mol. The molecular formula is C12H16Cl2N2. The van der Waals surface area contributed by atoms with Gasteiger partial charge in [0, 0.05) is 14.1 Å². The summed E-state index contributed by atoms with van der Waals surface area (Å²) in [4.78, 5) is 4.19. The van der Waals surface area contributed by atoms with Gasteiger partial charge in [-0.2, -0.15) is 0 Å². The first-order valence-corrected chi connectivity index (χ1v) is 4.68. The summed E-state index contributed by atoms with van der Waals surface area (Å²) in [5.41, 5.74) is 0. The fourth-order valence-corrected chi connectivity index (χ4v) is 0.992. The molecule has 0 spiro atoms. The van der Waals surface area contributed by atoms with E-state index in [-0.39, 0.29) is 24.8 Å². The Hall–Kier alpha value is -1.04. The molecule has 2 rings (SSSR count). The highest BCUT2D eigenvalue weighted by atomic mass is 35.5. The number of nitrogens with zero attached hydrogens (tertiary/aromatic N) is 2. The number of halogens is 2. The third-order valence-electron chi connectivity index (χ3n) is 1.84. The minimum absolute atomic E-state index is 0. The highest BCUT2D eigenvalue weighted by Crippen LogP contribution is 1.91. The molecule has 16 heavy (non-hydrogen) atoms. The van der Waals surface area contributed by atoms with Crippen molar-refractivity contribution in [2.75, 3.05) is 27.2 Å². The maximum Gasteiger partial charge on any atom is 0.176 e. The molecular weight excluding hydrogens is 243 g/mol. The molecule has 0 radical (unpaired) electrons. The first-order valence-electron chi connectivity index (χ1n) is 4.68. The van der Waals surface area contributed by atoms with Gasteiger partial charge in [-0.3, -0.25) is 0 Å². The lowest BCUT2D eigenvalue weighted by molar-refractivity contribution is -0.001000. The second-order valence-electron chi connectivity index (χ2n) is 3.25. The van der Waals surface area contributed by atoms with Crippen LogP contribution in [0.2, 0.25) is 0 Å². The van der Waals surface area contributed by atoms with E-state index in [1.807, 2.05) is 50.8 Å². The van der Waals surface area contributed by atoms with Crippen molar-refractivity contribution in [3.05, 3.63) is 48.9 Å². The van der Waals surface area contributed by atoms with Crippen molar-refractivity contribution in [1.29, 1.82) is 0 Å². The fraction of sp³-hybridized carbons (Fsp3) is 0.333. The molecule has 88 valence electrons. The van der Waals surface area contributed by atoms with Crippen LogP contribution in [-0.4, -0.2) is 37.0 Å². The van der Waals surface area contributed by atoms with Crippen molar-refractivity contribution < 1.29 is 24.8 Å². The van der Waals surface area contributed by atoms with E-state index in [0.717, 1.165) is 13.1 Å². The number of allylic oxidation sites excluding steroid dienone is 4. The van der Waals surface area contributed by atoms with Gasteiger partial charge in [-0.1, -0.05) is 0 Å². The zero-order valence-corrected chi connectivity index (χ0v) is 11.0. The number of hydrogen-bond acceptors (Lipinski definition) is 2. The van der Waals surface area contributed by atoms with Crippen LogP contribution in [0.5, 0.6) is 0 Å². The molecule has 0 aliphatic carbocycles. The van der Waals surface area contributed by atoms with E-state index in [0.29, 0.717) is 0 Å². The summed E-state index contributed by atoms with van der Waals surface area (Å²) in [7, 11) is 4.07. The minimum Gasteiger partial charge on any atom is -1.00 e. The maximum atomic E-state index is 2.97. The van der Waals surface area contributed by atoms with E-state index in [2.05, 4.69) is 22.0 Å². The molecule has 0 atom stereocenters. The summed E-state index contributed by atoms with van der Waals surface area (Å²) in [5.74, 6) is 0. The van der Waals surface area contributed by atoms with E-state index in [9.17, 15) is 0 Å². The SMILES string of the molecule is CN1C=C[C+]=CC1.CN1C=C[C+]=CC1.[Cl-].[Cl-]. The van der Waals surface area contributed by atoms with E-state index >= 15 is 0 Å². The Kier molecular flexibility index (Phi) is 11.4. The quantitative estimate of drug-likeness (QED) is 0.406. The van der Waals surface area contributed by atoms with E-state index < -0.39 is 0 Å². The first-order chi connectivity index (χ1) is 6.79. The zero-order valence-electron chi connectivity index (χ0n) is 9.53. The van der Waals surface area contributed by atoms with Crippen molar-refractivity contribution in [3.8, 4) is 0 Å². The van der Waals surface area contributed by atoms with Crippen molar-refractivity contribution in [2.24, 2.45) is 0 Å². The number of likely N-dealkylation sites (N-methyl/N-ethyl adjacent to an activating group) is 2. The molecule has 0 amide bonds. The molecule has 2 nitrogen and oxygen atoms in total. The average Bonchev–Trinajstić information content (AvgIpc) is 2.21. The smallest absolute Gasteiger partial charge is 0.176 e. The summed E-state index contributed by atoms with van der Waals surface area (Å²) in [5, 5.41) is 0. The third-order valence-corrected chi connectivity index (χ3v) is 1.84. The van der Waals surface area contributed by atoms with Gasteiger partial charge >= 0.3 is 0 Å². The van der Waals surface area contributed by atoms with Crippen LogP contribution in [0, 0.1) is 12.2 Å². The minimum atomic E-state index is 0. The van der Waals surface area contributed by atoms with Crippen LogP contribution in [-0.2, 0) is 0 Å². The van der Waals surface area contributed by atoms with Gasteiger partial charge in [0.15, 0.2) is 12.2 Å². The Labute approximate surface area is 111 Å². The normalized spacial score (nSPS) is 14.9. The van der Waals surface area contributed by atoms with Gasteiger partial charge in [0.25, 0.3) is 0 Å². The Bertz CT molecular complexity index is 242. The van der Waals surface area contributed by atoms with Crippen LogP contribution in [0.3, 0.4) is 0 Å². The van der Waals surface area contributed by atoms with Crippen molar-refractivity contribution >= 4 is 0 Å². The van der Waals surface area contributed by atoms with Gasteiger partial charge in [0.2, 0.25) is 0 Å². The molecule has 2 heterocycles. The van der Waals surface area contributed by atoms with Crippen LogP contribution >= 0.6 is 0 Å². The standard InChI is InChI=1S/2C6H8N.2ClH/c2*1-7-5-3-2-4-6-7;;/h2*3-5H,6H2,1H3;2*1H/q2*+1;;/p-2. The number of rotatable bonds is 0. The summed E-state index contributed by atoms with van der Waals surface area (Å²) < 4.78 is 0. The largest absolute Gasteiger partial charge is 1.00 e. The maximum absolute atomic E-state index is 2.97. The fourth-order valence-electron chi connectivity index (χ4n) is 0.992. The second kappa shape index (κ2) is 10.5. The highest BCUT2D eigenvalue weighted by Gasteiger charge is 1.97. The predicted octanol–water partition coefficient (Wildman–Crippen LogP) is -4.38. The highest BCUT2D eigenvalue weighted by molar-refractivity contribution is 5.01. The monoisotopic (exact) mass is 258 g/mol. The van der Waals surface area contributed by atoms with E-state index in [1.165, 1.54) is 0 Å². The molecule has 0 bridgehead atoms. The first kappa shape index (κ1) is 17.4. The molecule has 0 saturated carbocycles. The van der Waals surface area contributed by atoms with Gasteiger partial charge in [0.1, 0.15) is 12.4 Å².